The molecule has 0 aliphatic carbocycles. The van der Waals surface area contributed by atoms with Crippen LogP contribution in [0.15, 0.2) is 54.7 Å². The zero-order valence-corrected chi connectivity index (χ0v) is 15.3. The number of nitrogens with one attached hydrogen (secondary N) is 2. The van der Waals surface area contributed by atoms with Gasteiger partial charge in [-0.25, -0.2) is 4.39 Å². The van der Waals surface area contributed by atoms with Gasteiger partial charge in [0, 0.05) is 5.56 Å². The van der Waals surface area contributed by atoms with Crippen molar-refractivity contribution in [2.24, 2.45) is 0 Å². The fourth-order valence-corrected chi connectivity index (χ4v) is 2.82. The molecule has 5 nitrogen and oxygen atoms in total. The summed E-state index contributed by atoms with van der Waals surface area (Å²) in [4.78, 5) is 12.3. The minimum absolute atomic E-state index is 0.144. The summed E-state index contributed by atoms with van der Waals surface area (Å²) < 4.78 is 19.7. The summed E-state index contributed by atoms with van der Waals surface area (Å²) in [6, 6.07) is 14.0. The van der Waals surface area contributed by atoms with Gasteiger partial charge in [-0.15, -0.1) is 0 Å². The van der Waals surface area contributed by atoms with E-state index < -0.39 is 5.82 Å². The van der Waals surface area contributed by atoms with Crippen molar-refractivity contribution in [1.29, 1.82) is 0 Å². The topological polar surface area (TPSA) is 67.0 Å². The van der Waals surface area contributed by atoms with Gasteiger partial charge < -0.3 is 10.1 Å². The molecule has 0 aliphatic heterocycles. The summed E-state index contributed by atoms with van der Waals surface area (Å²) in [6.07, 6.45) is 2.43. The number of nitrogens with zero attached hydrogens (tertiary/aromatic N) is 1. The highest BCUT2D eigenvalue weighted by molar-refractivity contribution is 5.95. The number of H-pyrrole nitrogens is 1. The summed E-state index contributed by atoms with van der Waals surface area (Å²) >= 11 is 0. The average molecular weight is 367 g/mol. The first-order valence-electron chi connectivity index (χ1n) is 8.90. The van der Waals surface area contributed by atoms with E-state index in [-0.39, 0.29) is 12.5 Å². The van der Waals surface area contributed by atoms with E-state index in [0.29, 0.717) is 28.6 Å². The molecular formula is C21H22FN3O2. The van der Waals surface area contributed by atoms with Gasteiger partial charge in [-0.1, -0.05) is 44.2 Å². The molecule has 1 heterocycles. The van der Waals surface area contributed by atoms with Crippen molar-refractivity contribution < 1.29 is 13.9 Å². The highest BCUT2D eigenvalue weighted by Gasteiger charge is 2.15. The van der Waals surface area contributed by atoms with Crippen molar-refractivity contribution in [3.63, 3.8) is 0 Å². The summed E-state index contributed by atoms with van der Waals surface area (Å²) in [6.45, 7) is 4.08. The Bertz CT molecular complexity index is 923. The molecular weight excluding hydrogens is 345 g/mol. The van der Waals surface area contributed by atoms with Crippen LogP contribution in [0.3, 0.4) is 0 Å². The van der Waals surface area contributed by atoms with Gasteiger partial charge in [-0.3, -0.25) is 9.89 Å². The van der Waals surface area contributed by atoms with Crippen LogP contribution in [0.25, 0.3) is 11.3 Å². The van der Waals surface area contributed by atoms with Crippen molar-refractivity contribution in [2.75, 3.05) is 11.9 Å². The molecule has 1 atom stereocenters. The van der Waals surface area contributed by atoms with Crippen LogP contribution in [0.2, 0.25) is 0 Å². The Morgan fingerprint density at radius 2 is 1.96 bits per heavy atom. The monoisotopic (exact) mass is 367 g/mol. The number of rotatable bonds is 7. The molecule has 0 saturated heterocycles. The Hall–Kier alpha value is -3.15. The number of carbonyl (C=O) groups excluding carboxylic acids is 1. The predicted molar refractivity (Wildman–Crippen MR) is 103 cm³/mol. The molecule has 0 fully saturated rings. The fraction of sp³-hybridized carbons (Fsp3) is 0.238. The number of aromatic nitrogens is 2. The van der Waals surface area contributed by atoms with Crippen LogP contribution >= 0.6 is 0 Å². The van der Waals surface area contributed by atoms with E-state index in [1.165, 1.54) is 12.3 Å². The molecule has 0 saturated carbocycles. The van der Waals surface area contributed by atoms with Crippen molar-refractivity contribution in [1.82, 2.24) is 10.2 Å². The molecule has 1 aromatic heterocycles. The van der Waals surface area contributed by atoms with Crippen molar-refractivity contribution in [2.45, 2.75) is 26.2 Å². The number of ether oxygens (including phenoxy) is 1. The van der Waals surface area contributed by atoms with Gasteiger partial charge in [-0.2, -0.15) is 5.10 Å². The van der Waals surface area contributed by atoms with Crippen molar-refractivity contribution in [3.8, 4) is 17.0 Å². The lowest BCUT2D eigenvalue weighted by Gasteiger charge is -2.15. The Morgan fingerprint density at radius 3 is 2.74 bits per heavy atom. The highest BCUT2D eigenvalue weighted by atomic mass is 19.1. The van der Waals surface area contributed by atoms with Gasteiger partial charge in [0.15, 0.2) is 6.61 Å². The number of halogens is 1. The maximum atomic E-state index is 14.0. The Kier molecular flexibility index (Phi) is 5.86. The highest BCUT2D eigenvalue weighted by Crippen LogP contribution is 2.29. The first kappa shape index (κ1) is 18.6. The maximum absolute atomic E-state index is 14.0. The second-order valence-electron chi connectivity index (χ2n) is 6.32. The molecule has 3 aromatic rings. The van der Waals surface area contributed by atoms with Crippen molar-refractivity contribution >= 4 is 11.6 Å². The second kappa shape index (κ2) is 8.49. The second-order valence-corrected chi connectivity index (χ2v) is 6.32. The summed E-state index contributed by atoms with van der Waals surface area (Å²) in [5, 5.41) is 9.37. The fourth-order valence-electron chi connectivity index (χ4n) is 2.82. The molecule has 2 aromatic carbocycles. The Morgan fingerprint density at radius 1 is 1.22 bits per heavy atom. The number of aromatic amines is 1. The van der Waals surface area contributed by atoms with E-state index in [0.717, 1.165) is 12.0 Å². The minimum Gasteiger partial charge on any atom is -0.483 e. The Balaban J connectivity index is 1.69. The molecule has 140 valence electrons. The van der Waals surface area contributed by atoms with E-state index in [9.17, 15) is 9.18 Å². The molecule has 0 radical (unpaired) electrons. The molecule has 2 N–H and O–H groups in total. The lowest BCUT2D eigenvalue weighted by molar-refractivity contribution is -0.118. The predicted octanol–water partition coefficient (Wildman–Crippen LogP) is 4.75. The largest absolute Gasteiger partial charge is 0.483 e. The molecule has 6 heteroatoms. The molecule has 0 bridgehead atoms. The van der Waals surface area contributed by atoms with E-state index in [2.05, 4.69) is 29.4 Å². The standard InChI is InChI=1S/C21H22FN3O2/c1-3-14(2)15-8-5-7-11-19(15)27-13-20(26)24-18-12-23-25-21(18)16-9-4-6-10-17(16)22/h4-12,14H,3,13H2,1-2H3,(H,23,25)(H,24,26)/t14-/m0/s1. The summed E-state index contributed by atoms with van der Waals surface area (Å²) in [5.74, 6) is 0.304. The summed E-state index contributed by atoms with van der Waals surface area (Å²) in [7, 11) is 0. The molecule has 0 spiro atoms. The molecule has 3 rings (SSSR count). The summed E-state index contributed by atoms with van der Waals surface area (Å²) in [5.41, 5.74) is 2.24. The zero-order valence-electron chi connectivity index (χ0n) is 15.3. The molecule has 0 aliphatic rings. The van der Waals surface area contributed by atoms with E-state index in [4.69, 9.17) is 4.74 Å². The molecule has 27 heavy (non-hydrogen) atoms. The minimum atomic E-state index is -0.393. The number of anilines is 1. The number of amides is 1. The van der Waals surface area contributed by atoms with Gasteiger partial charge in [0.05, 0.1) is 17.6 Å². The first-order valence-corrected chi connectivity index (χ1v) is 8.90. The first-order chi connectivity index (χ1) is 13.1. The average Bonchev–Trinajstić information content (AvgIpc) is 3.14. The van der Waals surface area contributed by atoms with Crippen LogP contribution in [0.5, 0.6) is 5.75 Å². The smallest absolute Gasteiger partial charge is 0.262 e. The van der Waals surface area contributed by atoms with Gasteiger partial charge >= 0.3 is 0 Å². The number of hydrogen-bond donors (Lipinski definition) is 2. The van der Waals surface area contributed by atoms with Gasteiger partial charge in [-0.05, 0) is 36.1 Å². The van der Waals surface area contributed by atoms with Crippen LogP contribution in [0, 0.1) is 5.82 Å². The normalized spacial score (nSPS) is 11.8. The van der Waals surface area contributed by atoms with Crippen LogP contribution < -0.4 is 10.1 Å². The van der Waals surface area contributed by atoms with E-state index >= 15 is 0 Å². The van der Waals surface area contributed by atoms with Crippen LogP contribution in [0.4, 0.5) is 10.1 Å². The molecule has 1 amide bonds. The van der Waals surface area contributed by atoms with Crippen LogP contribution in [-0.4, -0.2) is 22.7 Å². The number of hydrogen-bond acceptors (Lipinski definition) is 3. The number of para-hydroxylation sites is 1. The quantitative estimate of drug-likeness (QED) is 0.633. The number of carbonyl (C=O) groups is 1. The van der Waals surface area contributed by atoms with Gasteiger partial charge in [0.1, 0.15) is 11.6 Å². The Labute approximate surface area is 157 Å². The molecule has 0 unspecified atom stereocenters. The third kappa shape index (κ3) is 4.34. The SMILES string of the molecule is CC[C@H](C)c1ccccc1OCC(=O)Nc1cn[nH]c1-c1ccccc1F. The van der Waals surface area contributed by atoms with Gasteiger partial charge in [0.2, 0.25) is 0 Å². The lowest BCUT2D eigenvalue weighted by Crippen LogP contribution is -2.20. The zero-order chi connectivity index (χ0) is 19.2. The van der Waals surface area contributed by atoms with E-state index in [1.54, 1.807) is 18.2 Å². The van der Waals surface area contributed by atoms with Crippen LogP contribution in [0.1, 0.15) is 31.7 Å². The van der Waals surface area contributed by atoms with E-state index in [1.807, 2.05) is 24.3 Å². The van der Waals surface area contributed by atoms with Gasteiger partial charge in [0.25, 0.3) is 5.91 Å². The third-order valence-electron chi connectivity index (χ3n) is 4.48. The maximum Gasteiger partial charge on any atom is 0.262 e. The third-order valence-corrected chi connectivity index (χ3v) is 4.48. The van der Waals surface area contributed by atoms with Crippen molar-refractivity contribution in [3.05, 3.63) is 66.1 Å². The lowest BCUT2D eigenvalue weighted by atomic mass is 9.98. The number of benzene rings is 2. The van der Waals surface area contributed by atoms with Crippen LogP contribution in [-0.2, 0) is 4.79 Å².